The minimum Gasteiger partial charge on any atom is -0.351 e. The van der Waals surface area contributed by atoms with E-state index in [0.29, 0.717) is 6.54 Å². The third-order valence-electron chi connectivity index (χ3n) is 4.71. The van der Waals surface area contributed by atoms with Gasteiger partial charge >= 0.3 is 0 Å². The number of carbonyl (C=O) groups is 1. The van der Waals surface area contributed by atoms with Crippen molar-refractivity contribution in [2.45, 2.75) is 32.7 Å². The molecule has 0 atom stereocenters. The Bertz CT molecular complexity index is 789. The van der Waals surface area contributed by atoms with Gasteiger partial charge in [0, 0.05) is 19.1 Å². The van der Waals surface area contributed by atoms with Crippen molar-refractivity contribution in [1.29, 1.82) is 0 Å². The molecule has 1 aromatic carbocycles. The molecule has 1 fully saturated rings. The van der Waals surface area contributed by atoms with Gasteiger partial charge in [0.2, 0.25) is 0 Å². The van der Waals surface area contributed by atoms with E-state index in [1.807, 2.05) is 24.3 Å². The lowest BCUT2D eigenvalue weighted by Crippen LogP contribution is -2.37. The lowest BCUT2D eigenvalue weighted by Gasteiger charge is -2.18. The maximum absolute atomic E-state index is 12.8. The highest BCUT2D eigenvalue weighted by Gasteiger charge is 2.28. The maximum Gasteiger partial charge on any atom is 0.264 e. The molecule has 1 amide bonds. The Kier molecular flexibility index (Phi) is 5.00. The van der Waals surface area contributed by atoms with E-state index in [4.69, 9.17) is 0 Å². The van der Waals surface area contributed by atoms with Crippen molar-refractivity contribution in [3.05, 3.63) is 46.2 Å². The monoisotopic (exact) mass is 327 g/mol. The Balaban J connectivity index is 1.85. The van der Waals surface area contributed by atoms with Gasteiger partial charge in [0.15, 0.2) is 0 Å². The van der Waals surface area contributed by atoms with Gasteiger partial charge < -0.3 is 14.8 Å². The summed E-state index contributed by atoms with van der Waals surface area (Å²) in [5.74, 6) is -0.271. The third-order valence-corrected chi connectivity index (χ3v) is 4.71. The summed E-state index contributed by atoms with van der Waals surface area (Å²) in [5, 5.41) is 3.84. The summed E-state index contributed by atoms with van der Waals surface area (Å²) in [6.07, 6.45) is 2.02. The second-order valence-electron chi connectivity index (χ2n) is 6.31. The van der Waals surface area contributed by atoms with Gasteiger partial charge in [-0.3, -0.25) is 9.59 Å². The van der Waals surface area contributed by atoms with Crippen LogP contribution in [0.3, 0.4) is 0 Å². The van der Waals surface area contributed by atoms with E-state index in [0.717, 1.165) is 43.4 Å². The standard InChI is InChI=1S/C19H25N3O2/c1-3-21(4-2)12-11-20-18(23)16-13-14-7-5-6-8-17(14)22(19(16)24)15-9-10-15/h5-8,13,15H,3-4,9-12H2,1-2H3,(H,20,23). The molecule has 0 saturated heterocycles. The fourth-order valence-electron chi connectivity index (χ4n) is 3.11. The summed E-state index contributed by atoms with van der Waals surface area (Å²) in [7, 11) is 0. The average Bonchev–Trinajstić information content (AvgIpc) is 3.42. The first-order chi connectivity index (χ1) is 11.7. The molecular weight excluding hydrogens is 302 g/mol. The van der Waals surface area contributed by atoms with E-state index >= 15 is 0 Å². The molecule has 0 radical (unpaired) electrons. The first-order valence-corrected chi connectivity index (χ1v) is 8.80. The van der Waals surface area contributed by atoms with Gasteiger partial charge in [-0.2, -0.15) is 0 Å². The number of hydrogen-bond acceptors (Lipinski definition) is 3. The van der Waals surface area contributed by atoms with Crippen LogP contribution in [0.4, 0.5) is 0 Å². The number of carbonyl (C=O) groups excluding carboxylic acids is 1. The van der Waals surface area contributed by atoms with Gasteiger partial charge in [-0.1, -0.05) is 32.0 Å². The Morgan fingerprint density at radius 2 is 1.96 bits per heavy atom. The van der Waals surface area contributed by atoms with Crippen molar-refractivity contribution in [1.82, 2.24) is 14.8 Å². The Hall–Kier alpha value is -2.14. The van der Waals surface area contributed by atoms with Crippen molar-refractivity contribution >= 4 is 16.8 Å². The topological polar surface area (TPSA) is 54.3 Å². The van der Waals surface area contributed by atoms with Crippen LogP contribution in [-0.4, -0.2) is 41.6 Å². The molecule has 0 unspecified atom stereocenters. The number of nitrogens with one attached hydrogen (secondary N) is 1. The number of para-hydroxylation sites is 1. The van der Waals surface area contributed by atoms with E-state index in [9.17, 15) is 9.59 Å². The van der Waals surface area contributed by atoms with Gasteiger partial charge in [0.05, 0.1) is 5.52 Å². The number of amides is 1. The summed E-state index contributed by atoms with van der Waals surface area (Å²) in [5.41, 5.74) is 1.00. The van der Waals surface area contributed by atoms with Crippen molar-refractivity contribution < 1.29 is 4.79 Å². The molecule has 1 N–H and O–H groups in total. The van der Waals surface area contributed by atoms with E-state index < -0.39 is 0 Å². The van der Waals surface area contributed by atoms with Gasteiger partial charge in [0.25, 0.3) is 11.5 Å². The zero-order valence-electron chi connectivity index (χ0n) is 14.4. The van der Waals surface area contributed by atoms with E-state index in [2.05, 4.69) is 24.1 Å². The highest BCUT2D eigenvalue weighted by Crippen LogP contribution is 2.35. The number of pyridine rings is 1. The minimum absolute atomic E-state index is 0.170. The summed E-state index contributed by atoms with van der Waals surface area (Å²) in [6.45, 7) is 7.46. The smallest absolute Gasteiger partial charge is 0.264 e. The van der Waals surface area contributed by atoms with Crippen molar-refractivity contribution in [2.24, 2.45) is 0 Å². The summed E-state index contributed by atoms with van der Waals surface area (Å²) in [6, 6.07) is 9.75. The minimum atomic E-state index is -0.271. The van der Waals surface area contributed by atoms with E-state index in [1.165, 1.54) is 0 Å². The highest BCUT2D eigenvalue weighted by atomic mass is 16.2. The largest absolute Gasteiger partial charge is 0.351 e. The molecule has 3 rings (SSSR count). The highest BCUT2D eigenvalue weighted by molar-refractivity contribution is 5.97. The van der Waals surface area contributed by atoms with Crippen molar-refractivity contribution in [2.75, 3.05) is 26.2 Å². The number of nitrogens with zero attached hydrogens (tertiary/aromatic N) is 2. The molecule has 2 aromatic rings. The molecule has 1 aliphatic rings. The molecule has 0 bridgehead atoms. The molecule has 1 aliphatic carbocycles. The molecule has 128 valence electrons. The molecule has 0 spiro atoms. The van der Waals surface area contributed by atoms with Crippen molar-refractivity contribution in [3.8, 4) is 0 Å². The third kappa shape index (κ3) is 3.36. The van der Waals surface area contributed by atoms with Gasteiger partial charge in [0.1, 0.15) is 5.56 Å². The van der Waals surface area contributed by atoms with Gasteiger partial charge in [-0.05, 0) is 43.5 Å². The molecule has 24 heavy (non-hydrogen) atoms. The quantitative estimate of drug-likeness (QED) is 0.850. The normalized spacial score (nSPS) is 14.3. The van der Waals surface area contributed by atoms with Crippen LogP contribution in [0.15, 0.2) is 35.1 Å². The van der Waals surface area contributed by atoms with Crippen LogP contribution in [0.2, 0.25) is 0 Å². The molecule has 5 nitrogen and oxygen atoms in total. The van der Waals surface area contributed by atoms with E-state index in [-0.39, 0.29) is 23.1 Å². The van der Waals surface area contributed by atoms with Crippen molar-refractivity contribution in [3.63, 3.8) is 0 Å². The van der Waals surface area contributed by atoms with Gasteiger partial charge in [-0.15, -0.1) is 0 Å². The van der Waals surface area contributed by atoms with Gasteiger partial charge in [-0.25, -0.2) is 0 Å². The predicted octanol–water partition coefficient (Wildman–Crippen LogP) is 2.41. The average molecular weight is 327 g/mol. The molecule has 1 aromatic heterocycles. The van der Waals surface area contributed by atoms with Crippen LogP contribution in [0.25, 0.3) is 10.9 Å². The fourth-order valence-corrected chi connectivity index (χ4v) is 3.11. The maximum atomic E-state index is 12.8. The second-order valence-corrected chi connectivity index (χ2v) is 6.31. The molecule has 1 heterocycles. The second kappa shape index (κ2) is 7.18. The number of likely N-dealkylation sites (N-methyl/N-ethyl adjacent to an activating group) is 1. The predicted molar refractivity (Wildman–Crippen MR) is 96.6 cm³/mol. The number of aromatic nitrogens is 1. The van der Waals surface area contributed by atoms with E-state index in [1.54, 1.807) is 10.6 Å². The zero-order chi connectivity index (χ0) is 17.1. The Labute approximate surface area is 142 Å². The Morgan fingerprint density at radius 1 is 1.25 bits per heavy atom. The summed E-state index contributed by atoms with van der Waals surface area (Å²) >= 11 is 0. The lowest BCUT2D eigenvalue weighted by atomic mass is 10.1. The molecule has 0 aliphatic heterocycles. The summed E-state index contributed by atoms with van der Waals surface area (Å²) < 4.78 is 1.80. The van der Waals surface area contributed by atoms with Crippen LogP contribution in [0.5, 0.6) is 0 Å². The van der Waals surface area contributed by atoms with Crippen LogP contribution < -0.4 is 10.9 Å². The first-order valence-electron chi connectivity index (χ1n) is 8.80. The summed E-state index contributed by atoms with van der Waals surface area (Å²) in [4.78, 5) is 27.6. The zero-order valence-corrected chi connectivity index (χ0v) is 14.4. The fraction of sp³-hybridized carbons (Fsp3) is 0.474. The number of benzene rings is 1. The van der Waals surface area contributed by atoms with Crippen LogP contribution in [0.1, 0.15) is 43.1 Å². The van der Waals surface area contributed by atoms with Crippen LogP contribution in [0, 0.1) is 0 Å². The molecular formula is C19H25N3O2. The van der Waals surface area contributed by atoms with Crippen LogP contribution >= 0.6 is 0 Å². The SMILES string of the molecule is CCN(CC)CCNC(=O)c1cc2ccccc2n(C2CC2)c1=O. The number of rotatable bonds is 7. The number of fused-ring (bicyclic) bond motifs is 1. The number of hydrogen-bond donors (Lipinski definition) is 1. The Morgan fingerprint density at radius 3 is 2.62 bits per heavy atom. The first kappa shape index (κ1) is 16.7. The molecule has 5 heteroatoms. The lowest BCUT2D eigenvalue weighted by molar-refractivity contribution is 0.0947. The molecule has 1 saturated carbocycles. The van der Waals surface area contributed by atoms with Crippen LogP contribution in [-0.2, 0) is 0 Å².